The number of hydrogen-bond acceptors (Lipinski definition) is 7. The lowest BCUT2D eigenvalue weighted by molar-refractivity contribution is -0.325. The van der Waals surface area contributed by atoms with Crippen LogP contribution in [0.5, 0.6) is 11.5 Å². The maximum atomic E-state index is 13.3. The molecule has 2 aliphatic heterocycles. The molecule has 8 nitrogen and oxygen atoms in total. The summed E-state index contributed by atoms with van der Waals surface area (Å²) >= 11 is 0. The van der Waals surface area contributed by atoms with Crippen molar-refractivity contribution in [1.82, 2.24) is 9.88 Å². The van der Waals surface area contributed by atoms with Gasteiger partial charge in [-0.25, -0.2) is 0 Å². The highest BCUT2D eigenvalue weighted by Gasteiger charge is 2.57. The zero-order valence-corrected chi connectivity index (χ0v) is 19.6. The molecular formula is C24H27F3N2O6. The van der Waals surface area contributed by atoms with E-state index in [1.807, 2.05) is 32.0 Å². The van der Waals surface area contributed by atoms with Crippen molar-refractivity contribution in [3.63, 3.8) is 0 Å². The molecule has 2 saturated heterocycles. The molecule has 0 spiro atoms. The number of rotatable bonds is 7. The molecule has 0 saturated carbocycles. The van der Waals surface area contributed by atoms with Crippen LogP contribution in [0.15, 0.2) is 42.6 Å². The summed E-state index contributed by atoms with van der Waals surface area (Å²) in [7, 11) is 1.39. The van der Waals surface area contributed by atoms with Crippen molar-refractivity contribution in [3.05, 3.63) is 53.9 Å². The second-order valence-electron chi connectivity index (χ2n) is 8.72. The highest BCUT2D eigenvalue weighted by molar-refractivity contribution is 5.95. The van der Waals surface area contributed by atoms with Crippen molar-refractivity contribution in [3.8, 4) is 11.5 Å². The number of ether oxygens (including phenoxy) is 5. The number of amides is 1. The molecule has 4 rings (SSSR count). The van der Waals surface area contributed by atoms with E-state index in [4.69, 9.17) is 18.9 Å². The first kappa shape index (κ1) is 25.2. The SMILES string of the molecule is COc1cc(C(=O)N2CCC3(c4ccccn4)OC(C)(C)O[C@@H]3C2)ccc1OCCOC(F)(F)F. The van der Waals surface area contributed by atoms with Gasteiger partial charge in [0.25, 0.3) is 5.91 Å². The lowest BCUT2D eigenvalue weighted by Gasteiger charge is -2.41. The summed E-state index contributed by atoms with van der Waals surface area (Å²) in [5.41, 5.74) is 0.361. The predicted octanol–water partition coefficient (Wildman–Crippen LogP) is 3.90. The number of hydrogen-bond donors (Lipinski definition) is 0. The summed E-state index contributed by atoms with van der Waals surface area (Å²) in [4.78, 5) is 19.5. The third-order valence-electron chi connectivity index (χ3n) is 5.92. The van der Waals surface area contributed by atoms with Crippen molar-refractivity contribution >= 4 is 5.91 Å². The van der Waals surface area contributed by atoms with Crippen LogP contribution in [0.1, 0.15) is 36.3 Å². The second-order valence-corrected chi connectivity index (χ2v) is 8.72. The normalized spacial score (nSPS) is 23.6. The molecule has 1 aromatic heterocycles. The van der Waals surface area contributed by atoms with Gasteiger partial charge < -0.3 is 23.8 Å². The van der Waals surface area contributed by atoms with Crippen LogP contribution in [0.4, 0.5) is 13.2 Å². The number of piperidine rings is 1. The van der Waals surface area contributed by atoms with Crippen LogP contribution in [0.25, 0.3) is 0 Å². The van der Waals surface area contributed by atoms with Crippen LogP contribution < -0.4 is 9.47 Å². The van der Waals surface area contributed by atoms with E-state index < -0.39 is 30.5 Å². The van der Waals surface area contributed by atoms with Crippen molar-refractivity contribution in [1.29, 1.82) is 0 Å². The number of aromatic nitrogens is 1. The zero-order valence-electron chi connectivity index (χ0n) is 19.6. The van der Waals surface area contributed by atoms with E-state index in [-0.39, 0.29) is 24.0 Å². The molecule has 0 radical (unpaired) electrons. The minimum Gasteiger partial charge on any atom is -0.493 e. The van der Waals surface area contributed by atoms with E-state index in [0.29, 0.717) is 25.1 Å². The van der Waals surface area contributed by atoms with Crippen LogP contribution in [0, 0.1) is 0 Å². The van der Waals surface area contributed by atoms with Gasteiger partial charge in [0.15, 0.2) is 17.3 Å². The Morgan fingerprint density at radius 1 is 1.20 bits per heavy atom. The van der Waals surface area contributed by atoms with Gasteiger partial charge in [-0.15, -0.1) is 13.2 Å². The van der Waals surface area contributed by atoms with E-state index >= 15 is 0 Å². The average molecular weight is 496 g/mol. The Kier molecular flexibility index (Phi) is 6.94. The van der Waals surface area contributed by atoms with Gasteiger partial charge in [-0.2, -0.15) is 0 Å². The van der Waals surface area contributed by atoms with Crippen molar-refractivity contribution in [2.24, 2.45) is 0 Å². The molecular weight excluding hydrogens is 469 g/mol. The molecule has 3 heterocycles. The number of nitrogens with zero attached hydrogens (tertiary/aromatic N) is 2. The minimum atomic E-state index is -4.73. The molecule has 1 amide bonds. The Bertz CT molecular complexity index is 1050. The molecule has 11 heteroatoms. The van der Waals surface area contributed by atoms with Crippen LogP contribution in [-0.2, 0) is 19.8 Å². The Morgan fingerprint density at radius 2 is 2.00 bits per heavy atom. The molecule has 2 aliphatic rings. The van der Waals surface area contributed by atoms with Gasteiger partial charge in [-0.1, -0.05) is 6.07 Å². The summed E-state index contributed by atoms with van der Waals surface area (Å²) in [5.74, 6) is -0.640. The zero-order chi connectivity index (χ0) is 25.3. The van der Waals surface area contributed by atoms with Gasteiger partial charge in [0.05, 0.1) is 26.0 Å². The van der Waals surface area contributed by atoms with E-state index in [1.54, 1.807) is 17.2 Å². The average Bonchev–Trinajstić information content (AvgIpc) is 3.11. The predicted molar refractivity (Wildman–Crippen MR) is 117 cm³/mol. The van der Waals surface area contributed by atoms with Crippen LogP contribution in [0.3, 0.4) is 0 Å². The Balaban J connectivity index is 1.46. The first-order valence-electron chi connectivity index (χ1n) is 11.1. The maximum Gasteiger partial charge on any atom is 0.522 e. The number of fused-ring (bicyclic) bond motifs is 1. The van der Waals surface area contributed by atoms with Crippen LogP contribution >= 0.6 is 0 Å². The standard InChI is InChI=1S/C24H27F3N2O6/c1-22(2)34-20-15-29(11-9-23(20,35-22)19-6-4-5-10-28-19)21(30)16-7-8-17(18(14-16)31-3)32-12-13-33-24(25,26)27/h4-8,10,14,20H,9,11-13,15H2,1-3H3/t20-,23?/m1/s1. The Morgan fingerprint density at radius 3 is 2.69 bits per heavy atom. The summed E-state index contributed by atoms with van der Waals surface area (Å²) in [6, 6.07) is 10.2. The molecule has 35 heavy (non-hydrogen) atoms. The number of halogens is 3. The van der Waals surface area contributed by atoms with Crippen molar-refractivity contribution in [2.45, 2.75) is 44.1 Å². The quantitative estimate of drug-likeness (QED) is 0.538. The number of benzene rings is 1. The monoisotopic (exact) mass is 496 g/mol. The molecule has 0 N–H and O–H groups in total. The summed E-state index contributed by atoms with van der Waals surface area (Å²) in [6.45, 7) is 3.39. The summed E-state index contributed by atoms with van der Waals surface area (Å²) < 4.78 is 63.2. The third-order valence-corrected chi connectivity index (χ3v) is 5.92. The number of alkyl halides is 3. The molecule has 1 aromatic carbocycles. The molecule has 0 aliphatic carbocycles. The smallest absolute Gasteiger partial charge is 0.493 e. The fraction of sp³-hybridized carbons (Fsp3) is 0.500. The molecule has 2 atom stereocenters. The van der Waals surface area contributed by atoms with Crippen molar-refractivity contribution < 1.29 is 41.7 Å². The van der Waals surface area contributed by atoms with Gasteiger partial charge in [-0.05, 0) is 44.2 Å². The van der Waals surface area contributed by atoms with E-state index in [2.05, 4.69) is 9.72 Å². The number of likely N-dealkylation sites (tertiary alicyclic amines) is 1. The second kappa shape index (κ2) is 9.63. The van der Waals surface area contributed by atoms with E-state index in [9.17, 15) is 18.0 Å². The number of carbonyl (C=O) groups is 1. The number of carbonyl (C=O) groups excluding carboxylic acids is 1. The minimum absolute atomic E-state index is 0.205. The van der Waals surface area contributed by atoms with Crippen LogP contribution in [0.2, 0.25) is 0 Å². The molecule has 0 bridgehead atoms. The molecule has 2 fully saturated rings. The highest BCUT2D eigenvalue weighted by Crippen LogP contribution is 2.48. The highest BCUT2D eigenvalue weighted by atomic mass is 19.4. The van der Waals surface area contributed by atoms with E-state index in [0.717, 1.165) is 5.69 Å². The Labute approximate surface area is 200 Å². The van der Waals surface area contributed by atoms with Gasteiger partial charge in [0.2, 0.25) is 0 Å². The molecule has 190 valence electrons. The largest absolute Gasteiger partial charge is 0.522 e. The molecule has 2 aromatic rings. The fourth-order valence-electron chi connectivity index (χ4n) is 4.51. The van der Waals surface area contributed by atoms with Gasteiger partial charge in [-0.3, -0.25) is 14.5 Å². The number of pyridine rings is 1. The fourth-order valence-corrected chi connectivity index (χ4v) is 4.51. The molecule has 1 unspecified atom stereocenters. The van der Waals surface area contributed by atoms with Gasteiger partial charge >= 0.3 is 6.36 Å². The number of methoxy groups -OCH3 is 1. The summed E-state index contributed by atoms with van der Waals surface area (Å²) in [5, 5.41) is 0. The van der Waals surface area contributed by atoms with Gasteiger partial charge in [0.1, 0.15) is 18.3 Å². The van der Waals surface area contributed by atoms with Crippen LogP contribution in [-0.4, -0.2) is 67.5 Å². The summed E-state index contributed by atoms with van der Waals surface area (Å²) in [6.07, 6.45) is -2.93. The Hall–Kier alpha value is -2.89. The van der Waals surface area contributed by atoms with Crippen molar-refractivity contribution in [2.75, 3.05) is 33.4 Å². The lowest BCUT2D eigenvalue weighted by atomic mass is 9.85. The third kappa shape index (κ3) is 5.52. The first-order chi connectivity index (χ1) is 16.5. The van der Waals surface area contributed by atoms with Gasteiger partial charge in [0, 0.05) is 24.7 Å². The maximum absolute atomic E-state index is 13.3. The first-order valence-corrected chi connectivity index (χ1v) is 11.1. The topological polar surface area (TPSA) is 79.4 Å². The lowest BCUT2D eigenvalue weighted by Crippen LogP contribution is -2.53. The van der Waals surface area contributed by atoms with E-state index in [1.165, 1.54) is 19.2 Å².